The zero-order chi connectivity index (χ0) is 15.4. The van der Waals surface area contributed by atoms with Crippen molar-refractivity contribution in [3.63, 3.8) is 0 Å². The number of carbonyl (C=O) groups is 1. The van der Waals surface area contributed by atoms with Gasteiger partial charge in [-0.1, -0.05) is 23.7 Å². The topological polar surface area (TPSA) is 45.2 Å². The Balaban J connectivity index is 2.24. The van der Waals surface area contributed by atoms with E-state index in [4.69, 9.17) is 11.6 Å². The van der Waals surface area contributed by atoms with Crippen molar-refractivity contribution in [2.45, 2.75) is 13.0 Å². The zero-order valence-corrected chi connectivity index (χ0v) is 13.1. The van der Waals surface area contributed by atoms with Crippen LogP contribution in [0, 0.1) is 0 Å². The lowest BCUT2D eigenvalue weighted by Gasteiger charge is -2.26. The molecule has 0 aliphatic carbocycles. The van der Waals surface area contributed by atoms with E-state index in [0.29, 0.717) is 10.6 Å². The highest BCUT2D eigenvalue weighted by Crippen LogP contribution is 2.24. The summed E-state index contributed by atoms with van der Waals surface area (Å²) < 4.78 is 0. The third kappa shape index (κ3) is 3.34. The maximum Gasteiger partial charge on any atom is 0.257 e. The molecule has 1 heterocycles. The van der Waals surface area contributed by atoms with Gasteiger partial charge < -0.3 is 10.2 Å². The first-order valence-electron chi connectivity index (χ1n) is 6.69. The second kappa shape index (κ2) is 6.59. The van der Waals surface area contributed by atoms with E-state index in [1.165, 1.54) is 0 Å². The third-order valence-electron chi connectivity index (χ3n) is 3.57. The molecule has 2 aromatic rings. The number of aromatic nitrogens is 1. The third-order valence-corrected chi connectivity index (χ3v) is 3.83. The van der Waals surface area contributed by atoms with E-state index in [9.17, 15) is 4.79 Å². The number of anilines is 1. The first-order chi connectivity index (χ1) is 10.0. The lowest BCUT2D eigenvalue weighted by Crippen LogP contribution is -2.30. The normalized spacial score (nSPS) is 11.8. The minimum absolute atomic E-state index is 0.0559. The fourth-order valence-electron chi connectivity index (χ4n) is 2.11. The van der Waals surface area contributed by atoms with Crippen LogP contribution in [0.15, 0.2) is 42.7 Å². The monoisotopic (exact) mass is 303 g/mol. The molecule has 21 heavy (non-hydrogen) atoms. The first-order valence-corrected chi connectivity index (χ1v) is 7.06. The molecule has 1 N–H and O–H groups in total. The molecule has 0 spiro atoms. The maximum absolute atomic E-state index is 12.6. The summed E-state index contributed by atoms with van der Waals surface area (Å²) in [6, 6.07) is 9.25. The van der Waals surface area contributed by atoms with Gasteiger partial charge in [-0.15, -0.1) is 0 Å². The van der Waals surface area contributed by atoms with Crippen LogP contribution in [-0.4, -0.2) is 29.9 Å². The number of nitrogens with one attached hydrogen (secondary N) is 1. The van der Waals surface area contributed by atoms with Gasteiger partial charge in [0, 0.05) is 37.2 Å². The number of carbonyl (C=O) groups excluding carboxylic acids is 1. The SMILES string of the molecule is CNc1ccncc1C(=O)N(C)C(C)c1ccc(Cl)cc1. The van der Waals surface area contributed by atoms with Crippen LogP contribution in [0.25, 0.3) is 0 Å². The molecule has 0 fully saturated rings. The number of halogens is 1. The Bertz CT molecular complexity index is 628. The quantitative estimate of drug-likeness (QED) is 0.938. The summed E-state index contributed by atoms with van der Waals surface area (Å²) in [7, 11) is 3.57. The van der Waals surface area contributed by atoms with Gasteiger partial charge >= 0.3 is 0 Å². The molecule has 5 heteroatoms. The van der Waals surface area contributed by atoms with Gasteiger partial charge in [0.2, 0.25) is 0 Å². The summed E-state index contributed by atoms with van der Waals surface area (Å²) in [5.41, 5.74) is 2.36. The first kappa shape index (κ1) is 15.3. The largest absolute Gasteiger partial charge is 0.387 e. The number of amides is 1. The summed E-state index contributed by atoms with van der Waals surface area (Å²) in [5, 5.41) is 3.70. The van der Waals surface area contributed by atoms with E-state index in [-0.39, 0.29) is 11.9 Å². The molecule has 1 aromatic carbocycles. The molecule has 0 bridgehead atoms. The molecule has 4 nitrogen and oxygen atoms in total. The van der Waals surface area contributed by atoms with Crippen LogP contribution < -0.4 is 5.32 Å². The summed E-state index contributed by atoms with van der Waals surface area (Å²) in [6.07, 6.45) is 3.24. The highest BCUT2D eigenvalue weighted by Gasteiger charge is 2.21. The summed E-state index contributed by atoms with van der Waals surface area (Å²) in [4.78, 5) is 18.4. The molecule has 1 aromatic heterocycles. The van der Waals surface area contributed by atoms with Crippen molar-refractivity contribution < 1.29 is 4.79 Å². The van der Waals surface area contributed by atoms with E-state index in [2.05, 4.69) is 10.3 Å². The minimum atomic E-state index is -0.0742. The number of hydrogen-bond donors (Lipinski definition) is 1. The molecular formula is C16H18ClN3O. The van der Waals surface area contributed by atoms with Crippen molar-refractivity contribution in [3.8, 4) is 0 Å². The molecule has 2 rings (SSSR count). The van der Waals surface area contributed by atoms with Crippen molar-refractivity contribution in [2.75, 3.05) is 19.4 Å². The van der Waals surface area contributed by atoms with Crippen LogP contribution in [-0.2, 0) is 0 Å². The van der Waals surface area contributed by atoms with Gasteiger partial charge in [-0.2, -0.15) is 0 Å². The Morgan fingerprint density at radius 2 is 1.95 bits per heavy atom. The Hall–Kier alpha value is -2.07. The van der Waals surface area contributed by atoms with Gasteiger partial charge in [0.25, 0.3) is 5.91 Å². The van der Waals surface area contributed by atoms with Gasteiger partial charge in [0.15, 0.2) is 0 Å². The second-order valence-electron chi connectivity index (χ2n) is 4.81. The van der Waals surface area contributed by atoms with Crippen LogP contribution in [0.1, 0.15) is 28.9 Å². The maximum atomic E-state index is 12.6. The lowest BCUT2D eigenvalue weighted by molar-refractivity contribution is 0.0743. The molecule has 0 radical (unpaired) electrons. The average molecular weight is 304 g/mol. The highest BCUT2D eigenvalue weighted by atomic mass is 35.5. The summed E-state index contributed by atoms with van der Waals surface area (Å²) in [5.74, 6) is -0.0742. The second-order valence-corrected chi connectivity index (χ2v) is 5.25. The Morgan fingerprint density at radius 3 is 2.57 bits per heavy atom. The predicted octanol–water partition coefficient (Wildman–Crippen LogP) is 3.61. The van der Waals surface area contributed by atoms with Gasteiger partial charge in [0.1, 0.15) is 0 Å². The fourth-order valence-corrected chi connectivity index (χ4v) is 2.24. The standard InChI is InChI=1S/C16H18ClN3O/c1-11(12-4-6-13(17)7-5-12)20(3)16(21)14-10-19-9-8-15(14)18-2/h4-11H,1-3H3,(H,18,19). The van der Waals surface area contributed by atoms with Gasteiger partial charge in [-0.25, -0.2) is 0 Å². The van der Waals surface area contributed by atoms with E-state index in [0.717, 1.165) is 11.3 Å². The summed E-state index contributed by atoms with van der Waals surface area (Å²) in [6.45, 7) is 1.98. The Labute approximate surface area is 129 Å². The van der Waals surface area contributed by atoms with E-state index >= 15 is 0 Å². The average Bonchev–Trinajstić information content (AvgIpc) is 2.53. The van der Waals surface area contributed by atoms with Gasteiger partial charge in [-0.3, -0.25) is 9.78 Å². The predicted molar refractivity (Wildman–Crippen MR) is 85.7 cm³/mol. The summed E-state index contributed by atoms with van der Waals surface area (Å²) >= 11 is 5.90. The molecular weight excluding hydrogens is 286 g/mol. The van der Waals surface area contributed by atoms with Crippen LogP contribution in [0.2, 0.25) is 5.02 Å². The molecule has 0 aliphatic heterocycles. The van der Waals surface area contributed by atoms with Crippen molar-refractivity contribution in [1.29, 1.82) is 0 Å². The van der Waals surface area contributed by atoms with E-state index < -0.39 is 0 Å². The molecule has 110 valence electrons. The van der Waals surface area contributed by atoms with Crippen molar-refractivity contribution in [2.24, 2.45) is 0 Å². The van der Waals surface area contributed by atoms with Crippen molar-refractivity contribution in [3.05, 3.63) is 58.9 Å². The smallest absolute Gasteiger partial charge is 0.257 e. The van der Waals surface area contributed by atoms with Crippen molar-refractivity contribution in [1.82, 2.24) is 9.88 Å². The molecule has 1 unspecified atom stereocenters. The van der Waals surface area contributed by atoms with Crippen LogP contribution in [0.4, 0.5) is 5.69 Å². The highest BCUT2D eigenvalue weighted by molar-refractivity contribution is 6.30. The van der Waals surface area contributed by atoms with Crippen LogP contribution in [0.5, 0.6) is 0 Å². The molecule has 1 atom stereocenters. The van der Waals surface area contributed by atoms with Crippen LogP contribution >= 0.6 is 11.6 Å². The number of nitrogens with zero attached hydrogens (tertiary/aromatic N) is 2. The van der Waals surface area contributed by atoms with Gasteiger partial charge in [-0.05, 0) is 30.7 Å². The number of hydrogen-bond acceptors (Lipinski definition) is 3. The minimum Gasteiger partial charge on any atom is -0.387 e. The molecule has 1 amide bonds. The zero-order valence-electron chi connectivity index (χ0n) is 12.3. The number of rotatable bonds is 4. The van der Waals surface area contributed by atoms with Crippen molar-refractivity contribution >= 4 is 23.2 Å². The van der Waals surface area contributed by atoms with Gasteiger partial charge in [0.05, 0.1) is 11.6 Å². The molecule has 0 saturated carbocycles. The number of pyridine rings is 1. The lowest BCUT2D eigenvalue weighted by atomic mass is 10.1. The Kier molecular flexibility index (Phi) is 4.81. The molecule has 0 aliphatic rings. The Morgan fingerprint density at radius 1 is 1.29 bits per heavy atom. The van der Waals surface area contributed by atoms with E-state index in [1.54, 1.807) is 37.5 Å². The fraction of sp³-hybridized carbons (Fsp3) is 0.250. The molecule has 0 saturated heterocycles. The van der Waals surface area contributed by atoms with Crippen LogP contribution in [0.3, 0.4) is 0 Å². The number of benzene rings is 1. The van der Waals surface area contributed by atoms with E-state index in [1.807, 2.05) is 31.2 Å².